The molecule has 0 aromatic heterocycles. The van der Waals surface area contributed by atoms with E-state index in [4.69, 9.17) is 14.2 Å². The fraction of sp³-hybridized carbons (Fsp3) is 0.989. The molecule has 114 heavy (non-hydrogen) atoms. The van der Waals surface area contributed by atoms with Crippen molar-refractivity contribution in [3.63, 3.8) is 0 Å². The van der Waals surface area contributed by atoms with Crippen molar-refractivity contribution in [2.24, 2.45) is 35.0 Å². The molecule has 21 heteroatoms. The minimum absolute atomic E-state index is 0.0730. The molecule has 0 aromatic carbocycles. The van der Waals surface area contributed by atoms with Gasteiger partial charge < -0.3 is 55.5 Å². The van der Waals surface area contributed by atoms with Gasteiger partial charge in [0.1, 0.15) is 23.7 Å². The number of likely N-dealkylation sites (N-methyl/N-ethyl adjacent to an activating group) is 1. The van der Waals surface area contributed by atoms with Crippen molar-refractivity contribution in [3.05, 3.63) is 0 Å². The molecule has 7 aliphatic heterocycles. The first-order chi connectivity index (χ1) is 52.3. The number of hydrogen-bond donors (Lipinski definition) is 5. The van der Waals surface area contributed by atoms with Crippen molar-refractivity contribution in [1.82, 2.24) is 66.0 Å². The summed E-state index contributed by atoms with van der Waals surface area (Å²) in [5, 5.41) is 23.3. The van der Waals surface area contributed by atoms with E-state index >= 15 is 0 Å². The summed E-state index contributed by atoms with van der Waals surface area (Å²) in [6.07, 6.45) is 20.3. The number of piperidine rings is 4. The van der Waals surface area contributed by atoms with Gasteiger partial charge in [0.05, 0.1) is 43.7 Å². The van der Waals surface area contributed by atoms with Crippen molar-refractivity contribution in [2.75, 3.05) is 165 Å². The number of ether oxygens (including phenoxy) is 3. The first-order valence-corrected chi connectivity index (χ1v) is 46.0. The summed E-state index contributed by atoms with van der Waals surface area (Å²) in [5.41, 5.74) is -0.823. The van der Waals surface area contributed by atoms with E-state index in [2.05, 4.69) is 188 Å². The molecule has 674 valence electrons. The van der Waals surface area contributed by atoms with E-state index in [0.29, 0.717) is 88.1 Å². The van der Waals surface area contributed by atoms with Crippen molar-refractivity contribution in [2.45, 2.75) is 395 Å². The molecular formula is C93H185F4N13O4. The van der Waals surface area contributed by atoms with Crippen LogP contribution in [0.2, 0.25) is 0 Å². The zero-order chi connectivity index (χ0) is 85.7. The van der Waals surface area contributed by atoms with Crippen LogP contribution in [-0.4, -0.2) is 302 Å². The summed E-state index contributed by atoms with van der Waals surface area (Å²) in [5.74, 6) is 5.13. The molecule has 0 aromatic rings. The minimum atomic E-state index is -1.29. The number of hydrazine groups is 1. The van der Waals surface area contributed by atoms with Crippen LogP contribution in [0, 0.1) is 35.0 Å². The molecule has 12 aliphatic rings. The molecule has 0 radical (unpaired) electrons. The lowest BCUT2D eigenvalue weighted by atomic mass is 9.46. The van der Waals surface area contributed by atoms with Crippen LogP contribution in [0.1, 0.15) is 303 Å². The topological polar surface area (TPSA) is 131 Å². The number of nitrogens with one attached hydrogen (secondary N) is 5. The minimum Gasteiger partial charge on any atom is -0.374 e. The first-order valence-electron chi connectivity index (χ1n) is 46.0. The molecule has 5 unspecified atom stereocenters. The average Bonchev–Trinajstić information content (AvgIpc) is 0.875. The van der Waals surface area contributed by atoms with Gasteiger partial charge >= 0.3 is 0 Å². The van der Waals surface area contributed by atoms with Crippen LogP contribution >= 0.6 is 0 Å². The lowest BCUT2D eigenvalue weighted by Gasteiger charge is -2.60. The highest BCUT2D eigenvalue weighted by Crippen LogP contribution is 2.62. The first kappa shape index (κ1) is 103. The Kier molecular flexibility index (Phi) is 41.0. The Morgan fingerprint density at radius 1 is 0.518 bits per heavy atom. The maximum absolute atomic E-state index is 14.5. The van der Waals surface area contributed by atoms with Crippen molar-refractivity contribution in [3.8, 4) is 0 Å². The maximum atomic E-state index is 14.5. The number of amides is 1. The molecular weight excluding hydrogens is 1440 g/mol. The SMILES string of the molecule is CC(C)(C)NC1CCN(C(C)(C)C)CC1.CC(C)(C)NC[C@H]1CCN(N2CCCCC2)C1.CC(C)(C)OCC1(F)CCN(C2CC2)CC1.CC(F)CN1CCOC(CNC(C)(C)C)C1.CC(F)CN1CC[C@@H](NC(C)(C)C)C1.CC1C2CC3CC1CC(CNC(C)(C)C)(C3)C2.CN(C)CC(=O)N1CCC(F)(COC(C)(C)C)CC1. The predicted octanol–water partition coefficient (Wildman–Crippen LogP) is 16.3. The monoisotopic (exact) mass is 1620 g/mol. The molecule has 12 rings (SSSR count). The Bertz CT molecular complexity index is 2630. The quantitative estimate of drug-likeness (QED) is 0.0741. The van der Waals surface area contributed by atoms with Crippen LogP contribution in [0.5, 0.6) is 0 Å². The van der Waals surface area contributed by atoms with Gasteiger partial charge in [-0.1, -0.05) is 13.3 Å². The highest BCUT2D eigenvalue weighted by Gasteiger charge is 2.54. The molecule has 7 atom stereocenters. The Morgan fingerprint density at radius 3 is 1.45 bits per heavy atom. The average molecular weight is 1630 g/mol. The van der Waals surface area contributed by atoms with E-state index in [9.17, 15) is 22.4 Å². The van der Waals surface area contributed by atoms with Gasteiger partial charge in [-0.2, -0.15) is 0 Å². The third kappa shape index (κ3) is 43.1. The predicted molar refractivity (Wildman–Crippen MR) is 473 cm³/mol. The molecule has 17 nitrogen and oxygen atoms in total. The van der Waals surface area contributed by atoms with Crippen molar-refractivity contribution in [1.29, 1.82) is 0 Å². The summed E-state index contributed by atoms with van der Waals surface area (Å²) >= 11 is 0. The van der Waals surface area contributed by atoms with Crippen molar-refractivity contribution < 1.29 is 36.6 Å². The van der Waals surface area contributed by atoms with E-state index in [1.54, 1.807) is 31.6 Å². The van der Waals surface area contributed by atoms with Gasteiger partial charge in [-0.25, -0.2) is 27.6 Å². The largest absolute Gasteiger partial charge is 0.374 e. The number of nitrogens with zero attached hydrogens (tertiary/aromatic N) is 8. The number of hydrogen-bond acceptors (Lipinski definition) is 16. The van der Waals surface area contributed by atoms with Crippen LogP contribution in [0.3, 0.4) is 0 Å². The van der Waals surface area contributed by atoms with Gasteiger partial charge in [0.25, 0.3) is 0 Å². The second kappa shape index (κ2) is 45.3. The highest BCUT2D eigenvalue weighted by atomic mass is 19.2. The third-order valence-electron chi connectivity index (χ3n) is 24.6. The zero-order valence-corrected chi connectivity index (χ0v) is 79.6. The van der Waals surface area contributed by atoms with Crippen LogP contribution in [0.25, 0.3) is 0 Å². The molecule has 5 saturated carbocycles. The molecule has 5 aliphatic carbocycles. The number of halogens is 4. The fourth-order valence-corrected chi connectivity index (χ4v) is 18.4. The van der Waals surface area contributed by atoms with Crippen LogP contribution in [0.4, 0.5) is 17.6 Å². The third-order valence-corrected chi connectivity index (χ3v) is 24.6. The number of alkyl halides is 4. The van der Waals surface area contributed by atoms with Gasteiger partial charge in [-0.15, -0.1) is 0 Å². The normalized spacial score (nSPS) is 28.4. The molecule has 0 spiro atoms. The smallest absolute Gasteiger partial charge is 0.236 e. The highest BCUT2D eigenvalue weighted by molar-refractivity contribution is 5.78. The van der Waals surface area contributed by atoms with Crippen LogP contribution in [0.15, 0.2) is 0 Å². The lowest BCUT2D eigenvalue weighted by molar-refractivity contribution is -0.137. The van der Waals surface area contributed by atoms with Crippen LogP contribution in [-0.2, 0) is 19.0 Å². The Hall–Kier alpha value is -1.41. The summed E-state index contributed by atoms with van der Waals surface area (Å²) < 4.78 is 71.4. The van der Waals surface area contributed by atoms with E-state index in [1.165, 1.54) is 123 Å². The Morgan fingerprint density at radius 2 is 0.991 bits per heavy atom. The van der Waals surface area contributed by atoms with E-state index < -0.39 is 23.7 Å². The molecule has 5 N–H and O–H groups in total. The Balaban J connectivity index is 0.000000238. The van der Waals surface area contributed by atoms with Gasteiger partial charge in [-0.3, -0.25) is 19.5 Å². The van der Waals surface area contributed by atoms with E-state index in [-0.39, 0.29) is 64.1 Å². The van der Waals surface area contributed by atoms with Crippen molar-refractivity contribution >= 4 is 5.91 Å². The van der Waals surface area contributed by atoms with Gasteiger partial charge in [0.15, 0.2) is 0 Å². The Labute approximate surface area is 699 Å². The maximum Gasteiger partial charge on any atom is 0.236 e. The van der Waals surface area contributed by atoms with E-state index in [1.807, 2.05) is 60.5 Å². The molecule has 4 bridgehead atoms. The zero-order valence-electron chi connectivity index (χ0n) is 79.6. The number of morpholine rings is 1. The van der Waals surface area contributed by atoms with E-state index in [0.717, 1.165) is 87.9 Å². The van der Waals surface area contributed by atoms with Crippen LogP contribution < -0.4 is 26.6 Å². The van der Waals surface area contributed by atoms with Gasteiger partial charge in [0.2, 0.25) is 5.91 Å². The van der Waals surface area contributed by atoms with Gasteiger partial charge in [-0.05, 0) is 339 Å². The summed E-state index contributed by atoms with van der Waals surface area (Å²) in [7, 11) is 3.72. The molecule has 1 amide bonds. The molecule has 7 heterocycles. The fourth-order valence-electron chi connectivity index (χ4n) is 18.4. The standard InChI is InChI=1S/C16H29N.C14H27FN2O2.C14H29N3.C13H24FNO.C13H28N2.C12H25FN2O.C11H23FN2/c1-11-13-5-12-6-14(11)9-16(7-12,8-13)10-17-15(2,3)4;1-13(2,3)19-11-14(15)6-8-17(9-7-14)12(18)10-16(4)5;1-14(2,3)15-11-13-7-10-17(12-13)16-8-5-4-6-9-16;1-12(2,3)16-10-13(14)6-8-15(9-7-13)11-4-5-11;1-12(2,3)14-11-7-9-15(10-8-11)13(4,5)6;1-10(13)8-15-5-6-16-11(9-15)7-14-12(2,3)4;1-9(12)7-14-6-5-10(8-14)13-11(2,3)4/h11-14,17H,5-10H2,1-4H3;6-11H2,1-5H3;13,15H,4-12H2,1-3H3;11H,4-10H2,1-3H3;11,14H,7-10H2,1-6H3;10-11,14H,5-9H2,1-4H3;9-10,13H,5-8H2,1-4H3/t;;13-;;;;9?,10-/m..1...1/s1. The van der Waals surface area contributed by atoms with Gasteiger partial charge in [0, 0.05) is 175 Å². The summed E-state index contributed by atoms with van der Waals surface area (Å²) in [6, 6.07) is 2.02. The lowest BCUT2D eigenvalue weighted by Crippen LogP contribution is -2.55. The second-order valence-electron chi connectivity index (χ2n) is 46.0. The number of rotatable bonds is 20. The number of likely N-dealkylation sites (tertiary alicyclic amines) is 4. The second-order valence-corrected chi connectivity index (χ2v) is 46.0. The summed E-state index contributed by atoms with van der Waals surface area (Å²) in [4.78, 5) is 24.8. The molecule has 7 saturated heterocycles. The number of carbonyl (C=O) groups is 1. The molecule has 12 fully saturated rings. The number of carbonyl (C=O) groups excluding carboxylic acids is 1. The summed E-state index contributed by atoms with van der Waals surface area (Å²) in [6.45, 7) is 77.7.